The fraction of sp³-hybridized carbons (Fsp3) is 0.194. The molecule has 4 aromatic rings. The highest BCUT2D eigenvalue weighted by Crippen LogP contribution is 2.33. The molecule has 1 N–H and O–H groups in total. The third-order valence-electron chi connectivity index (χ3n) is 6.22. The van der Waals surface area contributed by atoms with Crippen LogP contribution in [0, 0.1) is 0 Å². The fourth-order valence-electron chi connectivity index (χ4n) is 4.30. The van der Waals surface area contributed by atoms with E-state index in [-0.39, 0.29) is 12.1 Å². The summed E-state index contributed by atoms with van der Waals surface area (Å²) >= 11 is 0. The van der Waals surface area contributed by atoms with Gasteiger partial charge in [-0.2, -0.15) is 0 Å². The second-order valence-corrected chi connectivity index (χ2v) is 8.52. The van der Waals surface area contributed by atoms with Gasteiger partial charge in [0.15, 0.2) is 11.5 Å². The minimum atomic E-state index is -0.296. The minimum Gasteiger partial charge on any atom is -0.493 e. The van der Waals surface area contributed by atoms with Gasteiger partial charge in [0, 0.05) is 12.2 Å². The van der Waals surface area contributed by atoms with Crippen LogP contribution >= 0.6 is 0 Å². The summed E-state index contributed by atoms with van der Waals surface area (Å²) in [4.78, 5) is 15.8. The summed E-state index contributed by atoms with van der Waals surface area (Å²) in [6.45, 7) is 2.48. The first kappa shape index (κ1) is 24.9. The lowest BCUT2D eigenvalue weighted by molar-refractivity contribution is 0.194. The molecule has 0 fully saturated rings. The number of anilines is 1. The first-order valence-corrected chi connectivity index (χ1v) is 12.1. The molecule has 5 heteroatoms. The van der Waals surface area contributed by atoms with E-state index < -0.39 is 0 Å². The van der Waals surface area contributed by atoms with Gasteiger partial charge >= 0.3 is 6.03 Å². The van der Waals surface area contributed by atoms with E-state index >= 15 is 0 Å². The molecule has 0 atom stereocenters. The molecular formula is C31H32N2O3. The number of carbonyl (C=O) groups excluding carboxylic acids is 1. The average Bonchev–Trinajstić information content (AvgIpc) is 2.94. The van der Waals surface area contributed by atoms with Crippen LogP contribution in [0.1, 0.15) is 35.2 Å². The van der Waals surface area contributed by atoms with Crippen LogP contribution in [0.4, 0.5) is 10.5 Å². The van der Waals surface area contributed by atoms with Crippen molar-refractivity contribution in [3.8, 4) is 11.5 Å². The van der Waals surface area contributed by atoms with Crippen molar-refractivity contribution in [1.82, 2.24) is 4.90 Å². The zero-order chi connectivity index (χ0) is 25.3. The number of amides is 2. The lowest BCUT2D eigenvalue weighted by atomic mass is 9.96. The molecule has 0 aliphatic heterocycles. The topological polar surface area (TPSA) is 50.8 Å². The van der Waals surface area contributed by atoms with Crippen molar-refractivity contribution in [2.75, 3.05) is 19.5 Å². The predicted molar refractivity (Wildman–Crippen MR) is 145 cm³/mol. The molecule has 0 bridgehead atoms. The van der Waals surface area contributed by atoms with Gasteiger partial charge in [0.1, 0.15) is 0 Å². The summed E-state index contributed by atoms with van der Waals surface area (Å²) in [6.07, 6.45) is 0.948. The normalized spacial score (nSPS) is 10.7. The molecule has 4 aromatic carbocycles. The molecule has 0 saturated heterocycles. The van der Waals surface area contributed by atoms with Gasteiger partial charge in [-0.25, -0.2) is 4.79 Å². The predicted octanol–water partition coefficient (Wildman–Crippen LogP) is 7.09. The number of hydrogen-bond donors (Lipinski definition) is 1. The molecule has 184 valence electrons. The Bertz CT molecular complexity index is 1220. The summed E-state index contributed by atoms with van der Waals surface area (Å²) in [5.74, 6) is 1.28. The highest BCUT2D eigenvalue weighted by atomic mass is 16.5. The van der Waals surface area contributed by atoms with E-state index in [9.17, 15) is 4.79 Å². The quantitative estimate of drug-likeness (QED) is 0.278. The van der Waals surface area contributed by atoms with Gasteiger partial charge in [0.25, 0.3) is 0 Å². The van der Waals surface area contributed by atoms with Crippen molar-refractivity contribution >= 4 is 11.7 Å². The van der Waals surface area contributed by atoms with Crippen molar-refractivity contribution in [2.24, 2.45) is 0 Å². The smallest absolute Gasteiger partial charge is 0.322 e. The molecular weight excluding hydrogens is 448 g/mol. The van der Waals surface area contributed by atoms with E-state index in [1.807, 2.05) is 83.8 Å². The first-order valence-electron chi connectivity index (χ1n) is 12.1. The van der Waals surface area contributed by atoms with Crippen LogP contribution in [-0.2, 0) is 13.0 Å². The van der Waals surface area contributed by atoms with E-state index in [1.165, 1.54) is 5.56 Å². The molecule has 0 aliphatic rings. The maximum Gasteiger partial charge on any atom is 0.322 e. The summed E-state index contributed by atoms with van der Waals surface area (Å²) < 4.78 is 10.9. The molecule has 0 aromatic heterocycles. The number of aryl methyl sites for hydroxylation is 1. The molecule has 5 nitrogen and oxygen atoms in total. The second kappa shape index (κ2) is 11.9. The molecule has 0 spiro atoms. The first-order chi connectivity index (χ1) is 17.6. The summed E-state index contributed by atoms with van der Waals surface area (Å²) in [7, 11) is 3.23. The molecule has 0 unspecified atom stereocenters. The number of ether oxygens (including phenoxy) is 2. The number of carbonyl (C=O) groups is 1. The van der Waals surface area contributed by atoms with Gasteiger partial charge in [-0.3, -0.25) is 0 Å². The highest BCUT2D eigenvalue weighted by Gasteiger charge is 2.27. The monoisotopic (exact) mass is 480 g/mol. The summed E-state index contributed by atoms with van der Waals surface area (Å²) in [6, 6.07) is 33.5. The maximum atomic E-state index is 13.9. The van der Waals surface area contributed by atoms with Crippen molar-refractivity contribution < 1.29 is 14.3 Å². The van der Waals surface area contributed by atoms with Crippen LogP contribution in [0.2, 0.25) is 0 Å². The van der Waals surface area contributed by atoms with E-state index in [0.29, 0.717) is 18.0 Å². The van der Waals surface area contributed by atoms with Crippen molar-refractivity contribution in [3.63, 3.8) is 0 Å². The van der Waals surface area contributed by atoms with Gasteiger partial charge in [-0.1, -0.05) is 85.8 Å². The van der Waals surface area contributed by atoms with E-state index in [1.54, 1.807) is 14.2 Å². The number of nitrogens with one attached hydrogen (secondary N) is 1. The van der Waals surface area contributed by atoms with Crippen LogP contribution in [0.25, 0.3) is 0 Å². The number of methoxy groups -OCH3 is 2. The Morgan fingerprint density at radius 3 is 1.83 bits per heavy atom. The largest absolute Gasteiger partial charge is 0.493 e. The maximum absolute atomic E-state index is 13.9. The summed E-state index contributed by atoms with van der Waals surface area (Å²) in [5, 5.41) is 3.12. The van der Waals surface area contributed by atoms with Gasteiger partial charge in [0.05, 0.1) is 20.3 Å². The molecule has 4 rings (SSSR count). The Morgan fingerprint density at radius 2 is 1.31 bits per heavy atom. The van der Waals surface area contributed by atoms with Gasteiger partial charge < -0.3 is 19.7 Å². The van der Waals surface area contributed by atoms with Gasteiger partial charge in [-0.05, 0) is 52.9 Å². The van der Waals surface area contributed by atoms with E-state index in [0.717, 1.165) is 28.8 Å². The fourth-order valence-corrected chi connectivity index (χ4v) is 4.30. The Morgan fingerprint density at radius 1 is 0.750 bits per heavy atom. The van der Waals surface area contributed by atoms with Crippen LogP contribution in [-0.4, -0.2) is 25.2 Å². The van der Waals surface area contributed by atoms with Crippen molar-refractivity contribution in [1.29, 1.82) is 0 Å². The number of rotatable bonds is 9. The van der Waals surface area contributed by atoms with Gasteiger partial charge in [-0.15, -0.1) is 0 Å². The highest BCUT2D eigenvalue weighted by molar-refractivity contribution is 5.90. The number of nitrogens with zero attached hydrogens (tertiary/aromatic N) is 1. The van der Waals surface area contributed by atoms with Crippen molar-refractivity contribution in [3.05, 3.63) is 125 Å². The van der Waals surface area contributed by atoms with Crippen LogP contribution in [0.5, 0.6) is 11.5 Å². The standard InChI is InChI=1S/C31H32N2O3/c1-4-23-15-18-27(19-16-23)32-31(34)33(22-24-17-20-28(35-2)29(21-24)36-3)30(25-11-7-5-8-12-25)26-13-9-6-10-14-26/h5-21,30H,4,22H2,1-3H3,(H,32,34). The Kier molecular flexibility index (Phi) is 8.24. The van der Waals surface area contributed by atoms with Crippen LogP contribution in [0.15, 0.2) is 103 Å². The third-order valence-corrected chi connectivity index (χ3v) is 6.22. The molecule has 0 radical (unpaired) electrons. The van der Waals surface area contributed by atoms with Crippen LogP contribution in [0.3, 0.4) is 0 Å². The lowest BCUT2D eigenvalue weighted by Gasteiger charge is -2.33. The molecule has 36 heavy (non-hydrogen) atoms. The molecule has 0 saturated carbocycles. The van der Waals surface area contributed by atoms with E-state index in [2.05, 4.69) is 36.5 Å². The average molecular weight is 481 g/mol. The molecule has 0 heterocycles. The number of urea groups is 1. The van der Waals surface area contributed by atoms with E-state index in [4.69, 9.17) is 9.47 Å². The number of benzene rings is 4. The Balaban J connectivity index is 1.75. The Labute approximate surface area is 213 Å². The zero-order valence-electron chi connectivity index (χ0n) is 21.0. The van der Waals surface area contributed by atoms with Gasteiger partial charge in [0.2, 0.25) is 0 Å². The van der Waals surface area contributed by atoms with Crippen LogP contribution < -0.4 is 14.8 Å². The zero-order valence-corrected chi connectivity index (χ0v) is 21.0. The molecule has 2 amide bonds. The SMILES string of the molecule is CCc1ccc(NC(=O)N(Cc2ccc(OC)c(OC)c2)C(c2ccccc2)c2ccccc2)cc1. The number of hydrogen-bond acceptors (Lipinski definition) is 3. The summed E-state index contributed by atoms with van der Waals surface area (Å²) in [5.41, 5.74) is 4.97. The lowest BCUT2D eigenvalue weighted by Crippen LogP contribution is -2.38. The minimum absolute atomic E-state index is 0.188. The second-order valence-electron chi connectivity index (χ2n) is 8.52. The third kappa shape index (κ3) is 5.87. The van der Waals surface area contributed by atoms with Crippen molar-refractivity contribution in [2.45, 2.75) is 25.9 Å². The Hall–Kier alpha value is -4.25. The molecule has 0 aliphatic carbocycles.